The van der Waals surface area contributed by atoms with Crippen LogP contribution in [0.15, 0.2) is 0 Å². The van der Waals surface area contributed by atoms with E-state index in [1.807, 2.05) is 0 Å². The van der Waals surface area contributed by atoms with Gasteiger partial charge in [-0.3, -0.25) is 0 Å². The minimum atomic E-state index is -4.15. The molecule has 4 nitrogen and oxygen atoms in total. The summed E-state index contributed by atoms with van der Waals surface area (Å²) in [5, 5.41) is 8.03. The van der Waals surface area contributed by atoms with E-state index in [9.17, 15) is 13.0 Å². The summed E-state index contributed by atoms with van der Waals surface area (Å²) in [5.41, 5.74) is 0. The first-order valence-corrected chi connectivity index (χ1v) is 12.0. The molecule has 26 heavy (non-hydrogen) atoms. The van der Waals surface area contributed by atoms with E-state index in [0.717, 1.165) is 64.2 Å². The van der Waals surface area contributed by atoms with Crippen molar-refractivity contribution in [3.8, 4) is 0 Å². The standard InChI is InChI=1S/C20H42O4S.Na/c1-2-3-4-5-8-11-14-17-20(25(22,23)24)18-15-12-9-6-7-10-13-16-19-21;/h20-21H,2-19H2,1H3,(H,22,23,24);/q;+1/p-1. The summed E-state index contributed by atoms with van der Waals surface area (Å²) in [6, 6.07) is 0. The topological polar surface area (TPSA) is 77.4 Å². The van der Waals surface area contributed by atoms with E-state index in [0.29, 0.717) is 12.8 Å². The predicted molar refractivity (Wildman–Crippen MR) is 105 cm³/mol. The second-order valence-electron chi connectivity index (χ2n) is 7.37. The van der Waals surface area contributed by atoms with Gasteiger partial charge in [0.15, 0.2) is 0 Å². The maximum Gasteiger partial charge on any atom is 1.00 e. The summed E-state index contributed by atoms with van der Waals surface area (Å²) >= 11 is 0. The van der Waals surface area contributed by atoms with Gasteiger partial charge in [0.25, 0.3) is 0 Å². The van der Waals surface area contributed by atoms with E-state index in [-0.39, 0.29) is 36.2 Å². The maximum absolute atomic E-state index is 11.4. The van der Waals surface area contributed by atoms with Gasteiger partial charge >= 0.3 is 29.6 Å². The van der Waals surface area contributed by atoms with Gasteiger partial charge in [-0.25, -0.2) is 8.42 Å². The second kappa shape index (κ2) is 20.6. The van der Waals surface area contributed by atoms with Gasteiger partial charge in [0.2, 0.25) is 0 Å². The number of aliphatic hydroxyl groups is 1. The van der Waals surface area contributed by atoms with Crippen molar-refractivity contribution in [3.05, 3.63) is 0 Å². The molecular weight excluding hydrogens is 359 g/mol. The van der Waals surface area contributed by atoms with Crippen molar-refractivity contribution in [3.63, 3.8) is 0 Å². The van der Waals surface area contributed by atoms with Crippen molar-refractivity contribution in [2.45, 2.75) is 121 Å². The molecule has 0 aromatic rings. The fourth-order valence-electron chi connectivity index (χ4n) is 3.31. The zero-order valence-electron chi connectivity index (χ0n) is 17.4. The van der Waals surface area contributed by atoms with Crippen LogP contribution in [0, 0.1) is 0 Å². The average Bonchev–Trinajstić information content (AvgIpc) is 2.56. The molecule has 6 heteroatoms. The van der Waals surface area contributed by atoms with Gasteiger partial charge in [-0.2, -0.15) is 0 Å². The zero-order chi connectivity index (χ0) is 18.8. The first-order chi connectivity index (χ1) is 12.0. The molecule has 0 heterocycles. The first kappa shape index (κ1) is 29.1. The van der Waals surface area contributed by atoms with E-state index >= 15 is 0 Å². The number of unbranched alkanes of at least 4 members (excludes halogenated alkanes) is 13. The van der Waals surface area contributed by atoms with Crippen molar-refractivity contribution < 1.29 is 47.6 Å². The molecule has 0 bridgehead atoms. The van der Waals surface area contributed by atoms with Gasteiger partial charge in [0, 0.05) is 11.9 Å². The van der Waals surface area contributed by atoms with Crippen LogP contribution in [-0.2, 0) is 10.1 Å². The van der Waals surface area contributed by atoms with Crippen LogP contribution in [-0.4, -0.2) is 29.9 Å². The maximum atomic E-state index is 11.4. The van der Waals surface area contributed by atoms with Crippen molar-refractivity contribution in [1.82, 2.24) is 0 Å². The Morgan fingerprint density at radius 3 is 1.38 bits per heavy atom. The molecule has 0 fully saturated rings. The molecule has 0 saturated carbocycles. The minimum Gasteiger partial charge on any atom is -0.748 e. The van der Waals surface area contributed by atoms with E-state index in [2.05, 4.69) is 6.92 Å². The second-order valence-corrected chi connectivity index (χ2v) is 9.02. The van der Waals surface area contributed by atoms with E-state index < -0.39 is 15.4 Å². The van der Waals surface area contributed by atoms with Crippen LogP contribution >= 0.6 is 0 Å². The van der Waals surface area contributed by atoms with E-state index in [1.54, 1.807) is 0 Å². The molecule has 1 atom stereocenters. The summed E-state index contributed by atoms with van der Waals surface area (Å²) in [6.45, 7) is 2.48. The van der Waals surface area contributed by atoms with E-state index in [1.165, 1.54) is 32.1 Å². The Morgan fingerprint density at radius 1 is 0.692 bits per heavy atom. The summed E-state index contributed by atoms with van der Waals surface area (Å²) < 4.78 is 34.3. The molecule has 0 spiro atoms. The molecule has 0 aromatic carbocycles. The molecule has 0 radical (unpaired) electrons. The smallest absolute Gasteiger partial charge is 0.748 e. The third kappa shape index (κ3) is 19.6. The van der Waals surface area contributed by atoms with Crippen LogP contribution < -0.4 is 29.6 Å². The van der Waals surface area contributed by atoms with Gasteiger partial charge in [-0.15, -0.1) is 0 Å². The first-order valence-electron chi connectivity index (χ1n) is 10.6. The molecule has 1 unspecified atom stereocenters. The summed E-state index contributed by atoms with van der Waals surface area (Å²) in [5.74, 6) is 0. The molecule has 0 aliphatic rings. The van der Waals surface area contributed by atoms with Crippen LogP contribution in [0.1, 0.15) is 116 Å². The molecule has 0 aliphatic carbocycles. The molecule has 152 valence electrons. The largest absolute Gasteiger partial charge is 1.00 e. The average molecular weight is 401 g/mol. The Bertz CT molecular complexity index is 374. The van der Waals surface area contributed by atoms with Gasteiger partial charge in [0.05, 0.1) is 10.1 Å². The fraction of sp³-hybridized carbons (Fsp3) is 1.00. The van der Waals surface area contributed by atoms with E-state index in [4.69, 9.17) is 5.11 Å². The van der Waals surface area contributed by atoms with Gasteiger partial charge in [-0.05, 0) is 19.3 Å². The SMILES string of the molecule is CCCCCCCCCC(CCCCCCCCCCO)S(=O)(=O)[O-].[Na+]. The van der Waals surface area contributed by atoms with Crippen LogP contribution in [0.4, 0.5) is 0 Å². The zero-order valence-corrected chi connectivity index (χ0v) is 20.2. The molecule has 1 N–H and O–H groups in total. The quantitative estimate of drug-likeness (QED) is 0.205. The van der Waals surface area contributed by atoms with Crippen molar-refractivity contribution in [2.75, 3.05) is 6.61 Å². The normalized spacial score (nSPS) is 12.7. The minimum absolute atomic E-state index is 0. The van der Waals surface area contributed by atoms with Crippen LogP contribution in [0.25, 0.3) is 0 Å². The number of hydrogen-bond acceptors (Lipinski definition) is 4. The summed E-state index contributed by atoms with van der Waals surface area (Å²) in [6.07, 6.45) is 17.6. The number of hydrogen-bond donors (Lipinski definition) is 1. The van der Waals surface area contributed by atoms with Crippen molar-refractivity contribution >= 4 is 10.1 Å². The van der Waals surface area contributed by atoms with Crippen LogP contribution in [0.5, 0.6) is 0 Å². The Kier molecular flexibility index (Phi) is 23.0. The Balaban J connectivity index is 0. The Hall–Kier alpha value is 0.870. The third-order valence-electron chi connectivity index (χ3n) is 4.97. The number of aliphatic hydroxyl groups excluding tert-OH is 1. The summed E-state index contributed by atoms with van der Waals surface area (Å²) in [7, 11) is -4.15. The Morgan fingerprint density at radius 2 is 1.04 bits per heavy atom. The molecule has 0 amide bonds. The van der Waals surface area contributed by atoms with Crippen molar-refractivity contribution in [1.29, 1.82) is 0 Å². The van der Waals surface area contributed by atoms with Gasteiger partial charge in [-0.1, -0.05) is 96.8 Å². The van der Waals surface area contributed by atoms with Crippen LogP contribution in [0.2, 0.25) is 0 Å². The van der Waals surface area contributed by atoms with Gasteiger partial charge < -0.3 is 9.66 Å². The molecular formula is C20H41NaO4S. The summed E-state index contributed by atoms with van der Waals surface area (Å²) in [4.78, 5) is 0. The van der Waals surface area contributed by atoms with Crippen molar-refractivity contribution in [2.24, 2.45) is 0 Å². The molecule has 0 saturated heterocycles. The molecule has 0 rings (SSSR count). The Labute approximate surface area is 185 Å². The molecule has 0 aromatic heterocycles. The third-order valence-corrected chi connectivity index (χ3v) is 6.26. The van der Waals surface area contributed by atoms with Crippen LogP contribution in [0.3, 0.4) is 0 Å². The fourth-order valence-corrected chi connectivity index (χ4v) is 4.22. The van der Waals surface area contributed by atoms with Gasteiger partial charge in [0.1, 0.15) is 0 Å². The molecule has 0 aliphatic heterocycles. The monoisotopic (exact) mass is 400 g/mol. The number of rotatable bonds is 19. The predicted octanol–water partition coefficient (Wildman–Crippen LogP) is 2.55.